The number of rotatable bonds is 5. The van der Waals surface area contributed by atoms with Crippen LogP contribution in [0, 0.1) is 0 Å². The Kier molecular flexibility index (Phi) is 3.62. The standard InChI is InChI=1S/C17H13N2O3/c20-9-12-3-7-15(18-12)17(11-1-5-14(22)6-2-11)16-8-4-13(10-21)19-16/h1-10,17-19H. The van der Waals surface area contributed by atoms with Crippen molar-refractivity contribution in [3.05, 3.63) is 76.9 Å². The monoisotopic (exact) mass is 293 g/mol. The number of aromatic amines is 2. The van der Waals surface area contributed by atoms with E-state index in [1.165, 1.54) is 12.1 Å². The quantitative estimate of drug-likeness (QED) is 0.707. The lowest BCUT2D eigenvalue weighted by Gasteiger charge is -2.15. The number of nitrogens with one attached hydrogen (secondary N) is 2. The predicted molar refractivity (Wildman–Crippen MR) is 79.9 cm³/mol. The van der Waals surface area contributed by atoms with E-state index in [4.69, 9.17) is 0 Å². The first-order valence-corrected chi connectivity index (χ1v) is 6.76. The van der Waals surface area contributed by atoms with Crippen molar-refractivity contribution in [3.8, 4) is 5.75 Å². The zero-order valence-corrected chi connectivity index (χ0v) is 11.6. The Morgan fingerprint density at radius 1 is 0.727 bits per heavy atom. The van der Waals surface area contributed by atoms with Gasteiger partial charge in [-0.3, -0.25) is 14.7 Å². The maximum Gasteiger partial charge on any atom is 0.178 e. The summed E-state index contributed by atoms with van der Waals surface area (Å²) in [5, 5.41) is 11.3. The maximum absolute atomic E-state index is 11.3. The molecular formula is C17H13N2O3. The van der Waals surface area contributed by atoms with Gasteiger partial charge >= 0.3 is 0 Å². The van der Waals surface area contributed by atoms with E-state index in [1.54, 1.807) is 24.3 Å². The molecule has 22 heavy (non-hydrogen) atoms. The Bertz CT molecular complexity index is 753. The summed E-state index contributed by atoms with van der Waals surface area (Å²) in [6.45, 7) is 0. The van der Waals surface area contributed by atoms with Gasteiger partial charge in [-0.05, 0) is 42.0 Å². The van der Waals surface area contributed by atoms with E-state index in [0.29, 0.717) is 11.4 Å². The van der Waals surface area contributed by atoms with Crippen LogP contribution in [0.3, 0.4) is 0 Å². The molecule has 0 saturated heterocycles. The molecule has 1 aromatic carbocycles. The molecule has 1 radical (unpaired) electrons. The molecular weight excluding hydrogens is 280 g/mol. The Morgan fingerprint density at radius 2 is 1.23 bits per heavy atom. The third-order valence-corrected chi connectivity index (χ3v) is 3.55. The normalized spacial score (nSPS) is 10.8. The number of benzene rings is 1. The first-order chi connectivity index (χ1) is 10.7. The lowest BCUT2D eigenvalue weighted by Crippen LogP contribution is -2.05. The van der Waals surface area contributed by atoms with Gasteiger partial charge in [0.1, 0.15) is 0 Å². The molecule has 0 spiro atoms. The van der Waals surface area contributed by atoms with Crippen molar-refractivity contribution in [1.82, 2.24) is 9.97 Å². The van der Waals surface area contributed by atoms with Gasteiger partial charge in [0.05, 0.1) is 17.3 Å². The first-order valence-electron chi connectivity index (χ1n) is 6.76. The molecule has 0 saturated carbocycles. The lowest BCUT2D eigenvalue weighted by atomic mass is 9.92. The zero-order valence-electron chi connectivity index (χ0n) is 11.6. The number of aromatic nitrogens is 2. The average Bonchev–Trinajstić information content (AvgIpc) is 3.19. The van der Waals surface area contributed by atoms with E-state index in [9.17, 15) is 14.7 Å². The summed E-state index contributed by atoms with van der Waals surface area (Å²) in [7, 11) is 0. The Hall–Kier alpha value is -3.08. The molecule has 0 fully saturated rings. The summed E-state index contributed by atoms with van der Waals surface area (Å²) < 4.78 is 0. The maximum atomic E-state index is 11.3. The van der Waals surface area contributed by atoms with Gasteiger partial charge in [0, 0.05) is 11.4 Å². The minimum atomic E-state index is -0.219. The largest absolute Gasteiger partial charge is 0.355 e. The fourth-order valence-corrected chi connectivity index (χ4v) is 2.52. The molecule has 0 unspecified atom stereocenters. The van der Waals surface area contributed by atoms with Gasteiger partial charge < -0.3 is 9.97 Å². The molecule has 0 amide bonds. The van der Waals surface area contributed by atoms with Gasteiger partial charge in [-0.1, -0.05) is 12.1 Å². The molecule has 0 aliphatic rings. The molecule has 5 heteroatoms. The summed E-state index contributed by atoms with van der Waals surface area (Å²) >= 11 is 0. The molecule has 109 valence electrons. The highest BCUT2D eigenvalue weighted by Gasteiger charge is 2.20. The Balaban J connectivity index is 2.10. The molecule has 0 atom stereocenters. The molecule has 0 aliphatic heterocycles. The fraction of sp³-hybridized carbons (Fsp3) is 0.0588. The van der Waals surface area contributed by atoms with E-state index >= 15 is 0 Å². The molecule has 2 heterocycles. The average molecular weight is 293 g/mol. The second-order valence-electron chi connectivity index (χ2n) is 4.98. The lowest BCUT2D eigenvalue weighted by molar-refractivity contribution is 0.111. The summed E-state index contributed by atoms with van der Waals surface area (Å²) in [5.74, 6) is -0.286. The Morgan fingerprint density at radius 3 is 1.64 bits per heavy atom. The van der Waals surface area contributed by atoms with Crippen LogP contribution in [0.15, 0.2) is 48.5 Å². The van der Waals surface area contributed by atoms with Crippen LogP contribution >= 0.6 is 0 Å². The van der Waals surface area contributed by atoms with Crippen molar-refractivity contribution in [2.24, 2.45) is 0 Å². The number of hydrogen-bond acceptors (Lipinski definition) is 2. The Labute approximate surface area is 126 Å². The minimum absolute atomic E-state index is 0.0670. The van der Waals surface area contributed by atoms with Crippen molar-refractivity contribution < 1.29 is 14.7 Å². The van der Waals surface area contributed by atoms with E-state index in [0.717, 1.165) is 29.5 Å². The van der Waals surface area contributed by atoms with E-state index in [2.05, 4.69) is 9.97 Å². The number of hydrogen-bond donors (Lipinski definition) is 2. The third kappa shape index (κ3) is 2.56. The molecule has 2 aromatic heterocycles. The van der Waals surface area contributed by atoms with Crippen LogP contribution in [0.4, 0.5) is 0 Å². The van der Waals surface area contributed by atoms with E-state index in [-0.39, 0.29) is 11.7 Å². The molecule has 0 aliphatic carbocycles. The molecule has 3 aromatic rings. The van der Waals surface area contributed by atoms with Crippen molar-refractivity contribution >= 4 is 12.6 Å². The van der Waals surface area contributed by atoms with Crippen LogP contribution in [-0.2, 0) is 5.11 Å². The van der Waals surface area contributed by atoms with Gasteiger partial charge in [-0.25, -0.2) is 0 Å². The fourth-order valence-electron chi connectivity index (χ4n) is 2.52. The minimum Gasteiger partial charge on any atom is -0.355 e. The van der Waals surface area contributed by atoms with Crippen molar-refractivity contribution in [3.63, 3.8) is 0 Å². The molecule has 3 rings (SSSR count). The highest BCUT2D eigenvalue weighted by atomic mass is 16.3. The second-order valence-corrected chi connectivity index (χ2v) is 4.98. The number of H-pyrrole nitrogens is 2. The van der Waals surface area contributed by atoms with Crippen LogP contribution in [0.25, 0.3) is 0 Å². The summed E-state index contributed by atoms with van der Waals surface area (Å²) in [6.07, 6.45) is 1.49. The summed E-state index contributed by atoms with van der Waals surface area (Å²) in [6, 6.07) is 13.5. The highest BCUT2D eigenvalue weighted by molar-refractivity contribution is 5.73. The van der Waals surface area contributed by atoms with E-state index < -0.39 is 0 Å². The zero-order chi connectivity index (χ0) is 15.5. The van der Waals surface area contributed by atoms with Crippen molar-refractivity contribution in [2.45, 2.75) is 5.92 Å². The van der Waals surface area contributed by atoms with Gasteiger partial charge in [-0.15, -0.1) is 0 Å². The topological polar surface area (TPSA) is 85.6 Å². The second kappa shape index (κ2) is 5.73. The summed E-state index contributed by atoms with van der Waals surface area (Å²) in [5.41, 5.74) is 3.45. The van der Waals surface area contributed by atoms with Crippen LogP contribution in [0.5, 0.6) is 5.75 Å². The third-order valence-electron chi connectivity index (χ3n) is 3.55. The van der Waals surface area contributed by atoms with E-state index in [1.807, 2.05) is 12.1 Å². The predicted octanol–water partition coefficient (Wildman–Crippen LogP) is 3.29. The van der Waals surface area contributed by atoms with Gasteiger partial charge in [0.2, 0.25) is 0 Å². The van der Waals surface area contributed by atoms with Crippen LogP contribution in [0.1, 0.15) is 43.8 Å². The van der Waals surface area contributed by atoms with Crippen LogP contribution in [0.2, 0.25) is 0 Å². The smallest absolute Gasteiger partial charge is 0.178 e. The van der Waals surface area contributed by atoms with Crippen LogP contribution < -0.4 is 0 Å². The number of aldehydes is 2. The summed E-state index contributed by atoms with van der Waals surface area (Å²) in [4.78, 5) is 27.9. The highest BCUT2D eigenvalue weighted by Crippen LogP contribution is 2.31. The molecule has 2 N–H and O–H groups in total. The van der Waals surface area contributed by atoms with Gasteiger partial charge in [-0.2, -0.15) is 0 Å². The van der Waals surface area contributed by atoms with Crippen LogP contribution in [-0.4, -0.2) is 22.5 Å². The van der Waals surface area contributed by atoms with Crippen molar-refractivity contribution in [2.75, 3.05) is 0 Å². The van der Waals surface area contributed by atoms with Gasteiger partial charge in [0.25, 0.3) is 0 Å². The number of carbonyl (C=O) groups is 2. The SMILES string of the molecule is [O]c1ccc(C(c2ccc(C=O)[nH]2)c2ccc(C=O)[nH]2)cc1. The first kappa shape index (κ1) is 13.9. The molecule has 5 nitrogen and oxygen atoms in total. The molecule has 0 bridgehead atoms. The van der Waals surface area contributed by atoms with Gasteiger partial charge in [0.15, 0.2) is 18.3 Å². The number of carbonyl (C=O) groups excluding carboxylic acids is 2. The van der Waals surface area contributed by atoms with Crippen molar-refractivity contribution in [1.29, 1.82) is 0 Å².